The number of anilines is 6. The molecular formula is C63H58N2. The maximum Gasteiger partial charge on any atom is 0.0543 e. The summed E-state index contributed by atoms with van der Waals surface area (Å²) in [5.74, 6) is 1.35. The Morgan fingerprint density at radius 1 is 0.354 bits per heavy atom. The normalized spacial score (nSPS) is 16.2. The Morgan fingerprint density at radius 3 is 1.37 bits per heavy atom. The topological polar surface area (TPSA) is 6.48 Å². The summed E-state index contributed by atoms with van der Waals surface area (Å²) in [6, 6.07) is 69.2. The second-order valence-electron chi connectivity index (χ2n) is 19.7. The Labute approximate surface area is 385 Å². The smallest absolute Gasteiger partial charge is 0.0543 e. The van der Waals surface area contributed by atoms with Crippen molar-refractivity contribution in [2.24, 2.45) is 0 Å². The minimum Gasteiger partial charge on any atom is -0.310 e. The lowest BCUT2D eigenvalue weighted by Gasteiger charge is -2.30. The van der Waals surface area contributed by atoms with Crippen LogP contribution in [0, 0.1) is 0 Å². The van der Waals surface area contributed by atoms with E-state index in [2.05, 4.69) is 206 Å². The monoisotopic (exact) mass is 842 g/mol. The molecule has 9 aromatic carbocycles. The molecule has 65 heavy (non-hydrogen) atoms. The van der Waals surface area contributed by atoms with Crippen molar-refractivity contribution in [2.45, 2.75) is 95.3 Å². The first-order valence-electron chi connectivity index (χ1n) is 24.5. The number of para-hydroxylation sites is 2. The SMILES string of the molecule is CC1(C)c2cc(N(c3ccccc3)c3ccc(C4CCCCC4)cc3)c3ccccc3c2-c2c1c1ccc(N(c3ccccc3)c3ccc(C4CCCCC4)cc3)cc1c1ccccc21. The van der Waals surface area contributed by atoms with E-state index in [0.29, 0.717) is 11.8 Å². The number of fused-ring (bicyclic) bond motifs is 10. The van der Waals surface area contributed by atoms with Gasteiger partial charge in [-0.3, -0.25) is 0 Å². The van der Waals surface area contributed by atoms with E-state index in [4.69, 9.17) is 0 Å². The molecule has 0 unspecified atom stereocenters. The summed E-state index contributed by atoms with van der Waals surface area (Å²) in [4.78, 5) is 4.96. The largest absolute Gasteiger partial charge is 0.310 e. The van der Waals surface area contributed by atoms with Gasteiger partial charge in [0, 0.05) is 39.2 Å². The highest BCUT2D eigenvalue weighted by Crippen LogP contribution is 2.59. The fourth-order valence-electron chi connectivity index (χ4n) is 12.4. The molecule has 0 atom stereocenters. The van der Waals surface area contributed by atoms with E-state index < -0.39 is 0 Å². The van der Waals surface area contributed by atoms with Gasteiger partial charge in [-0.25, -0.2) is 0 Å². The van der Waals surface area contributed by atoms with E-state index >= 15 is 0 Å². The molecule has 2 saturated carbocycles. The third kappa shape index (κ3) is 6.84. The van der Waals surface area contributed by atoms with Gasteiger partial charge in [-0.05, 0) is 165 Å². The summed E-state index contributed by atoms with van der Waals surface area (Å²) in [7, 11) is 0. The van der Waals surface area contributed by atoms with Gasteiger partial charge in [0.05, 0.1) is 5.69 Å². The van der Waals surface area contributed by atoms with Crippen LogP contribution in [0.4, 0.5) is 34.1 Å². The molecule has 0 N–H and O–H groups in total. The molecule has 9 aromatic rings. The van der Waals surface area contributed by atoms with E-state index in [1.165, 1.54) is 164 Å². The van der Waals surface area contributed by atoms with Gasteiger partial charge in [-0.1, -0.05) is 168 Å². The predicted molar refractivity (Wildman–Crippen MR) is 278 cm³/mol. The van der Waals surface area contributed by atoms with Crippen LogP contribution in [0.2, 0.25) is 0 Å². The summed E-state index contributed by atoms with van der Waals surface area (Å²) < 4.78 is 0. The Morgan fingerprint density at radius 2 is 0.800 bits per heavy atom. The summed E-state index contributed by atoms with van der Waals surface area (Å²) in [5.41, 5.74) is 15.4. The molecule has 0 aromatic heterocycles. The number of benzene rings is 9. The van der Waals surface area contributed by atoms with Gasteiger partial charge in [0.15, 0.2) is 0 Å². The van der Waals surface area contributed by atoms with Crippen LogP contribution in [-0.4, -0.2) is 0 Å². The number of hydrogen-bond donors (Lipinski definition) is 0. The van der Waals surface area contributed by atoms with E-state index in [-0.39, 0.29) is 5.41 Å². The van der Waals surface area contributed by atoms with Crippen molar-refractivity contribution >= 4 is 66.4 Å². The fraction of sp³-hybridized carbons (Fsp3) is 0.238. The summed E-state index contributed by atoms with van der Waals surface area (Å²) >= 11 is 0. The van der Waals surface area contributed by atoms with E-state index in [1.54, 1.807) is 0 Å². The Balaban J connectivity index is 1.03. The van der Waals surface area contributed by atoms with Gasteiger partial charge in [0.2, 0.25) is 0 Å². The molecular weight excluding hydrogens is 785 g/mol. The highest BCUT2D eigenvalue weighted by Gasteiger charge is 2.41. The maximum absolute atomic E-state index is 2.54. The van der Waals surface area contributed by atoms with Gasteiger partial charge in [-0.15, -0.1) is 0 Å². The third-order valence-corrected chi connectivity index (χ3v) is 15.6. The van der Waals surface area contributed by atoms with Crippen molar-refractivity contribution in [1.82, 2.24) is 0 Å². The molecule has 0 spiro atoms. The Hall–Kier alpha value is -6.64. The molecule has 0 radical (unpaired) electrons. The average molecular weight is 843 g/mol. The van der Waals surface area contributed by atoms with Crippen molar-refractivity contribution in [3.05, 3.63) is 204 Å². The Bertz CT molecular complexity index is 3170. The second kappa shape index (κ2) is 16.4. The molecule has 0 amide bonds. The summed E-state index contributed by atoms with van der Waals surface area (Å²) in [6.07, 6.45) is 13.3. The minimum absolute atomic E-state index is 0.283. The first kappa shape index (κ1) is 39.9. The van der Waals surface area contributed by atoms with Crippen molar-refractivity contribution in [3.63, 3.8) is 0 Å². The van der Waals surface area contributed by atoms with Crippen LogP contribution in [0.3, 0.4) is 0 Å². The molecule has 0 heterocycles. The molecule has 12 rings (SSSR count). The van der Waals surface area contributed by atoms with E-state index in [1.807, 2.05) is 0 Å². The van der Waals surface area contributed by atoms with E-state index in [9.17, 15) is 0 Å². The van der Waals surface area contributed by atoms with Crippen LogP contribution in [-0.2, 0) is 5.41 Å². The van der Waals surface area contributed by atoms with Crippen molar-refractivity contribution in [2.75, 3.05) is 9.80 Å². The summed E-state index contributed by atoms with van der Waals surface area (Å²) in [5, 5.41) is 7.81. The number of hydrogen-bond acceptors (Lipinski definition) is 2. The number of rotatable bonds is 8. The van der Waals surface area contributed by atoms with Gasteiger partial charge < -0.3 is 9.80 Å². The van der Waals surface area contributed by atoms with Crippen molar-refractivity contribution < 1.29 is 0 Å². The highest BCUT2D eigenvalue weighted by molar-refractivity contribution is 6.23. The molecule has 0 aliphatic heterocycles. The first-order chi connectivity index (χ1) is 32.0. The van der Waals surface area contributed by atoms with Gasteiger partial charge in [0.25, 0.3) is 0 Å². The summed E-state index contributed by atoms with van der Waals surface area (Å²) in [6.45, 7) is 4.93. The van der Waals surface area contributed by atoms with Gasteiger partial charge in [-0.2, -0.15) is 0 Å². The lowest BCUT2D eigenvalue weighted by molar-refractivity contribution is 0.443. The zero-order chi connectivity index (χ0) is 43.5. The fourth-order valence-corrected chi connectivity index (χ4v) is 12.4. The molecule has 0 saturated heterocycles. The lowest BCUT2D eigenvalue weighted by atomic mass is 9.79. The minimum atomic E-state index is -0.283. The maximum atomic E-state index is 2.54. The van der Waals surface area contributed by atoms with Crippen LogP contribution in [0.1, 0.15) is 112 Å². The Kier molecular flexibility index (Phi) is 10.1. The average Bonchev–Trinajstić information content (AvgIpc) is 3.62. The lowest BCUT2D eigenvalue weighted by Crippen LogP contribution is -2.17. The second-order valence-corrected chi connectivity index (χ2v) is 19.7. The van der Waals surface area contributed by atoms with Crippen LogP contribution < -0.4 is 9.80 Å². The highest BCUT2D eigenvalue weighted by atomic mass is 15.1. The third-order valence-electron chi connectivity index (χ3n) is 15.6. The van der Waals surface area contributed by atoms with Gasteiger partial charge in [0.1, 0.15) is 0 Å². The molecule has 3 aliphatic rings. The van der Waals surface area contributed by atoms with Crippen molar-refractivity contribution in [3.8, 4) is 11.1 Å². The zero-order valence-corrected chi connectivity index (χ0v) is 37.9. The van der Waals surface area contributed by atoms with Crippen LogP contribution >= 0.6 is 0 Å². The molecule has 320 valence electrons. The van der Waals surface area contributed by atoms with Crippen LogP contribution in [0.25, 0.3) is 43.4 Å². The number of nitrogens with zero attached hydrogens (tertiary/aromatic N) is 2. The van der Waals surface area contributed by atoms with E-state index in [0.717, 1.165) is 0 Å². The first-order valence-corrected chi connectivity index (χ1v) is 24.5. The zero-order valence-electron chi connectivity index (χ0n) is 37.9. The predicted octanol–water partition coefficient (Wildman–Crippen LogP) is 18.5. The van der Waals surface area contributed by atoms with Crippen molar-refractivity contribution in [1.29, 1.82) is 0 Å². The standard InChI is InChI=1S/C63H58N2/c1-63(2)58-42-59(65(48-25-13-6-14-26-48)50-37-33-46(34-38-50)44-21-9-4-10-22-44)53-28-16-18-30-55(53)60(58)61-54-29-17-15-27-52(54)57-41-51(39-40-56(57)62(61)63)64(47-23-11-5-12-24-47)49-35-31-45(32-36-49)43-19-7-3-8-20-43/h5-6,11-18,23-44H,3-4,7-10,19-22H2,1-2H3. The van der Waals surface area contributed by atoms with Crippen LogP contribution in [0.15, 0.2) is 182 Å². The molecule has 2 nitrogen and oxygen atoms in total. The van der Waals surface area contributed by atoms with Crippen LogP contribution in [0.5, 0.6) is 0 Å². The quantitative estimate of drug-likeness (QED) is 0.141. The molecule has 0 bridgehead atoms. The molecule has 2 fully saturated rings. The molecule has 3 aliphatic carbocycles. The molecule has 2 heteroatoms. The van der Waals surface area contributed by atoms with Gasteiger partial charge >= 0.3 is 0 Å².